The summed E-state index contributed by atoms with van der Waals surface area (Å²) in [4.78, 5) is 6.42. The molecule has 78 valence electrons. The van der Waals surface area contributed by atoms with Crippen molar-refractivity contribution in [3.8, 4) is 0 Å². The molecule has 0 amide bonds. The minimum atomic E-state index is 0.459. The summed E-state index contributed by atoms with van der Waals surface area (Å²) in [6.45, 7) is 6.59. The van der Waals surface area contributed by atoms with Crippen molar-refractivity contribution in [3.05, 3.63) is 23.4 Å². The van der Waals surface area contributed by atoms with Gasteiger partial charge in [0, 0.05) is 13.1 Å². The van der Waals surface area contributed by atoms with E-state index in [4.69, 9.17) is 11.6 Å². The second-order valence-electron chi connectivity index (χ2n) is 3.91. The topological polar surface area (TPSA) is 16.1 Å². The van der Waals surface area contributed by atoms with E-state index in [1.165, 1.54) is 0 Å². The van der Waals surface area contributed by atoms with Gasteiger partial charge in [-0.15, -0.1) is 0 Å². The molecule has 0 radical (unpaired) electrons. The highest BCUT2D eigenvalue weighted by Gasteiger charge is 2.14. The average Bonchev–Trinajstić information content (AvgIpc) is 2.15. The predicted octanol–water partition coefficient (Wildman–Crippen LogP) is 3.22. The maximum Gasteiger partial charge on any atom is 0.131 e. The number of rotatable bonds is 3. The maximum absolute atomic E-state index is 5.84. The van der Waals surface area contributed by atoms with Gasteiger partial charge in [-0.25, -0.2) is 4.98 Å². The summed E-state index contributed by atoms with van der Waals surface area (Å²) < 4.78 is 0. The van der Waals surface area contributed by atoms with Crippen LogP contribution in [0.5, 0.6) is 0 Å². The Bertz CT molecular complexity index is 299. The molecule has 0 aliphatic heterocycles. The Balaban J connectivity index is 2.83. The van der Waals surface area contributed by atoms with E-state index in [9.17, 15) is 0 Å². The number of hydrogen-bond donors (Lipinski definition) is 0. The molecule has 1 aromatic rings. The minimum absolute atomic E-state index is 0.459. The van der Waals surface area contributed by atoms with E-state index in [0.717, 1.165) is 5.82 Å². The lowest BCUT2D eigenvalue weighted by atomic mass is 10.1. The zero-order valence-electron chi connectivity index (χ0n) is 9.16. The van der Waals surface area contributed by atoms with Crippen LogP contribution in [0, 0.1) is 5.92 Å². The molecule has 14 heavy (non-hydrogen) atoms. The molecule has 1 unspecified atom stereocenters. The normalized spacial score (nSPS) is 13.0. The Hall–Kier alpha value is -0.760. The van der Waals surface area contributed by atoms with Gasteiger partial charge < -0.3 is 4.90 Å². The zero-order chi connectivity index (χ0) is 10.7. The van der Waals surface area contributed by atoms with Crippen LogP contribution < -0.4 is 4.90 Å². The first-order valence-corrected chi connectivity index (χ1v) is 5.25. The van der Waals surface area contributed by atoms with Gasteiger partial charge in [0.05, 0.1) is 0 Å². The molecule has 0 bridgehead atoms. The summed E-state index contributed by atoms with van der Waals surface area (Å²) in [5.41, 5.74) is 0. The summed E-state index contributed by atoms with van der Waals surface area (Å²) in [7, 11) is 2.04. The van der Waals surface area contributed by atoms with E-state index in [1.807, 2.05) is 19.2 Å². The van der Waals surface area contributed by atoms with Gasteiger partial charge in [0.15, 0.2) is 0 Å². The summed E-state index contributed by atoms with van der Waals surface area (Å²) in [6.07, 6.45) is 0. The molecule has 0 aliphatic carbocycles. The van der Waals surface area contributed by atoms with Crippen LogP contribution in [-0.4, -0.2) is 18.1 Å². The maximum atomic E-state index is 5.84. The second kappa shape index (κ2) is 4.65. The van der Waals surface area contributed by atoms with E-state index in [0.29, 0.717) is 17.1 Å². The third kappa shape index (κ3) is 2.61. The monoisotopic (exact) mass is 212 g/mol. The lowest BCUT2D eigenvalue weighted by Crippen LogP contribution is -2.33. The van der Waals surface area contributed by atoms with Gasteiger partial charge >= 0.3 is 0 Å². The van der Waals surface area contributed by atoms with E-state index in [-0.39, 0.29) is 0 Å². The highest BCUT2D eigenvalue weighted by molar-refractivity contribution is 6.29. The molecule has 1 rings (SSSR count). The molecular formula is C11H17ClN2. The van der Waals surface area contributed by atoms with Crippen molar-refractivity contribution in [2.45, 2.75) is 26.8 Å². The van der Waals surface area contributed by atoms with Crippen molar-refractivity contribution in [2.75, 3.05) is 11.9 Å². The molecule has 0 fully saturated rings. The molecule has 1 aromatic heterocycles. The van der Waals surface area contributed by atoms with E-state index in [1.54, 1.807) is 6.07 Å². The van der Waals surface area contributed by atoms with E-state index in [2.05, 4.69) is 30.7 Å². The molecule has 1 atom stereocenters. The molecule has 0 aliphatic rings. The first-order chi connectivity index (χ1) is 6.52. The largest absolute Gasteiger partial charge is 0.357 e. The quantitative estimate of drug-likeness (QED) is 0.716. The first kappa shape index (κ1) is 11.3. The van der Waals surface area contributed by atoms with E-state index >= 15 is 0 Å². The van der Waals surface area contributed by atoms with Gasteiger partial charge in [-0.2, -0.15) is 0 Å². The molecule has 3 heteroatoms. The van der Waals surface area contributed by atoms with Crippen molar-refractivity contribution in [1.29, 1.82) is 0 Å². The highest BCUT2D eigenvalue weighted by Crippen LogP contribution is 2.18. The summed E-state index contributed by atoms with van der Waals surface area (Å²) in [6, 6.07) is 6.15. The van der Waals surface area contributed by atoms with Crippen LogP contribution in [0.1, 0.15) is 20.8 Å². The number of halogens is 1. The standard InChI is InChI=1S/C11H17ClN2/c1-8(2)9(3)14(4)11-7-5-6-10(12)13-11/h5-9H,1-4H3. The minimum Gasteiger partial charge on any atom is -0.357 e. The lowest BCUT2D eigenvalue weighted by molar-refractivity contribution is 0.503. The predicted molar refractivity (Wildman–Crippen MR) is 62.0 cm³/mol. The number of pyridine rings is 1. The molecular weight excluding hydrogens is 196 g/mol. The van der Waals surface area contributed by atoms with Gasteiger partial charge in [-0.3, -0.25) is 0 Å². The Morgan fingerprint density at radius 2 is 1.93 bits per heavy atom. The number of hydrogen-bond acceptors (Lipinski definition) is 2. The second-order valence-corrected chi connectivity index (χ2v) is 4.30. The number of anilines is 1. The Morgan fingerprint density at radius 1 is 1.29 bits per heavy atom. The number of nitrogens with zero attached hydrogens (tertiary/aromatic N) is 2. The van der Waals surface area contributed by atoms with Crippen molar-refractivity contribution < 1.29 is 0 Å². The van der Waals surface area contributed by atoms with Crippen LogP contribution in [0.4, 0.5) is 5.82 Å². The van der Waals surface area contributed by atoms with E-state index < -0.39 is 0 Å². The Morgan fingerprint density at radius 3 is 2.43 bits per heavy atom. The van der Waals surface area contributed by atoms with Crippen LogP contribution >= 0.6 is 11.6 Å². The first-order valence-electron chi connectivity index (χ1n) is 4.87. The van der Waals surface area contributed by atoms with Crippen molar-refractivity contribution in [2.24, 2.45) is 5.92 Å². The molecule has 0 aromatic carbocycles. The van der Waals surface area contributed by atoms with Crippen LogP contribution in [0.2, 0.25) is 5.15 Å². The Labute approximate surface area is 90.9 Å². The highest BCUT2D eigenvalue weighted by atomic mass is 35.5. The number of aromatic nitrogens is 1. The Kier molecular flexibility index (Phi) is 3.76. The third-order valence-electron chi connectivity index (χ3n) is 2.64. The molecule has 0 saturated heterocycles. The SMILES string of the molecule is CC(C)C(C)N(C)c1cccc(Cl)n1. The van der Waals surface area contributed by atoms with Crippen LogP contribution in [0.15, 0.2) is 18.2 Å². The van der Waals surface area contributed by atoms with Gasteiger partial charge in [0.25, 0.3) is 0 Å². The van der Waals surface area contributed by atoms with Crippen LogP contribution in [0.25, 0.3) is 0 Å². The fraction of sp³-hybridized carbons (Fsp3) is 0.545. The fourth-order valence-electron chi connectivity index (χ4n) is 1.25. The lowest BCUT2D eigenvalue weighted by Gasteiger charge is -2.28. The fourth-order valence-corrected chi connectivity index (χ4v) is 1.41. The smallest absolute Gasteiger partial charge is 0.131 e. The molecule has 2 nitrogen and oxygen atoms in total. The summed E-state index contributed by atoms with van der Waals surface area (Å²) in [5, 5.41) is 0.547. The zero-order valence-corrected chi connectivity index (χ0v) is 9.92. The van der Waals surface area contributed by atoms with Gasteiger partial charge in [-0.05, 0) is 25.0 Å². The molecule has 0 saturated carbocycles. The van der Waals surface area contributed by atoms with Gasteiger partial charge in [0.2, 0.25) is 0 Å². The summed E-state index contributed by atoms with van der Waals surface area (Å²) in [5.74, 6) is 1.53. The molecule has 0 N–H and O–H groups in total. The van der Waals surface area contributed by atoms with Crippen molar-refractivity contribution >= 4 is 17.4 Å². The van der Waals surface area contributed by atoms with Crippen molar-refractivity contribution in [3.63, 3.8) is 0 Å². The third-order valence-corrected chi connectivity index (χ3v) is 2.85. The van der Waals surface area contributed by atoms with Crippen LogP contribution in [0.3, 0.4) is 0 Å². The van der Waals surface area contributed by atoms with Gasteiger partial charge in [-0.1, -0.05) is 31.5 Å². The molecule has 0 spiro atoms. The van der Waals surface area contributed by atoms with Gasteiger partial charge in [0.1, 0.15) is 11.0 Å². The average molecular weight is 213 g/mol. The summed E-state index contributed by atoms with van der Waals surface area (Å²) >= 11 is 5.84. The molecule has 1 heterocycles. The van der Waals surface area contributed by atoms with Crippen LogP contribution in [-0.2, 0) is 0 Å². The van der Waals surface area contributed by atoms with Crippen molar-refractivity contribution in [1.82, 2.24) is 4.98 Å².